The van der Waals surface area contributed by atoms with Crippen molar-refractivity contribution in [1.29, 1.82) is 0 Å². The third-order valence-corrected chi connectivity index (χ3v) is 5.35. The minimum absolute atomic E-state index is 0.144. The highest BCUT2D eigenvalue weighted by Gasteiger charge is 2.20. The molecule has 0 aliphatic rings. The van der Waals surface area contributed by atoms with Gasteiger partial charge in [0.2, 0.25) is 0 Å². The SMILES string of the molecule is CCn1ncc(CN(C)C(=O)c2cc(-c3ccccc3F)nc3ccccc23)c1C. The average Bonchev–Trinajstić information content (AvgIpc) is 3.12. The first-order chi connectivity index (χ1) is 14.5. The molecule has 30 heavy (non-hydrogen) atoms. The molecule has 0 radical (unpaired) electrons. The van der Waals surface area contributed by atoms with E-state index in [4.69, 9.17) is 0 Å². The molecule has 2 aromatic carbocycles. The van der Waals surface area contributed by atoms with Crippen LogP contribution in [0.4, 0.5) is 4.39 Å². The molecule has 2 heterocycles. The van der Waals surface area contributed by atoms with Crippen molar-refractivity contribution in [3.05, 3.63) is 83.4 Å². The first-order valence-corrected chi connectivity index (χ1v) is 9.91. The lowest BCUT2D eigenvalue weighted by Crippen LogP contribution is -2.26. The first kappa shape index (κ1) is 19.8. The van der Waals surface area contributed by atoms with Crippen LogP contribution in [0.1, 0.15) is 28.5 Å². The lowest BCUT2D eigenvalue weighted by Gasteiger charge is -2.19. The Bertz CT molecular complexity index is 1230. The van der Waals surface area contributed by atoms with E-state index >= 15 is 0 Å². The summed E-state index contributed by atoms with van der Waals surface area (Å²) >= 11 is 0. The molecule has 0 spiro atoms. The van der Waals surface area contributed by atoms with Crippen molar-refractivity contribution in [3.63, 3.8) is 0 Å². The molecule has 4 aromatic rings. The molecule has 0 atom stereocenters. The number of nitrogens with zero attached hydrogens (tertiary/aromatic N) is 4. The van der Waals surface area contributed by atoms with E-state index in [-0.39, 0.29) is 11.7 Å². The van der Waals surface area contributed by atoms with Gasteiger partial charge in [-0.1, -0.05) is 30.3 Å². The van der Waals surface area contributed by atoms with Crippen molar-refractivity contribution in [2.24, 2.45) is 0 Å². The van der Waals surface area contributed by atoms with Crippen LogP contribution in [0.25, 0.3) is 22.2 Å². The van der Waals surface area contributed by atoms with Crippen LogP contribution in [0.5, 0.6) is 0 Å². The predicted molar refractivity (Wildman–Crippen MR) is 116 cm³/mol. The van der Waals surface area contributed by atoms with E-state index in [0.29, 0.717) is 28.9 Å². The van der Waals surface area contributed by atoms with Crippen molar-refractivity contribution in [1.82, 2.24) is 19.7 Å². The lowest BCUT2D eigenvalue weighted by atomic mass is 10.0. The van der Waals surface area contributed by atoms with Gasteiger partial charge in [-0.3, -0.25) is 9.48 Å². The highest BCUT2D eigenvalue weighted by molar-refractivity contribution is 6.07. The smallest absolute Gasteiger partial charge is 0.254 e. The first-order valence-electron chi connectivity index (χ1n) is 9.91. The number of amides is 1. The van der Waals surface area contributed by atoms with Gasteiger partial charge in [-0.15, -0.1) is 0 Å². The van der Waals surface area contributed by atoms with Crippen LogP contribution < -0.4 is 0 Å². The molecule has 1 amide bonds. The third kappa shape index (κ3) is 3.56. The summed E-state index contributed by atoms with van der Waals surface area (Å²) in [6.45, 7) is 5.26. The van der Waals surface area contributed by atoms with Crippen LogP contribution in [0.3, 0.4) is 0 Å². The number of pyridine rings is 1. The lowest BCUT2D eigenvalue weighted by molar-refractivity contribution is 0.0787. The van der Waals surface area contributed by atoms with Crippen LogP contribution in [0.15, 0.2) is 60.8 Å². The molecule has 4 rings (SSSR count). The third-order valence-electron chi connectivity index (χ3n) is 5.35. The molecule has 6 heteroatoms. The number of carbonyl (C=O) groups excluding carboxylic acids is 1. The second kappa shape index (κ2) is 8.06. The van der Waals surface area contributed by atoms with E-state index in [1.54, 1.807) is 42.4 Å². The summed E-state index contributed by atoms with van der Waals surface area (Å²) in [4.78, 5) is 19.7. The number of halogens is 1. The number of carbonyl (C=O) groups is 1. The zero-order valence-electron chi connectivity index (χ0n) is 17.3. The Hall–Kier alpha value is -3.54. The van der Waals surface area contributed by atoms with Gasteiger partial charge in [-0.25, -0.2) is 9.37 Å². The molecule has 5 nitrogen and oxygen atoms in total. The molecular weight excluding hydrogens is 379 g/mol. The number of para-hydroxylation sites is 1. The molecule has 0 saturated carbocycles. The van der Waals surface area contributed by atoms with Crippen LogP contribution in [-0.4, -0.2) is 32.6 Å². The monoisotopic (exact) mass is 402 g/mol. The predicted octanol–water partition coefficient (Wildman–Crippen LogP) is 4.84. The van der Waals surface area contributed by atoms with Gasteiger partial charge < -0.3 is 4.90 Å². The minimum atomic E-state index is -0.366. The van der Waals surface area contributed by atoms with Gasteiger partial charge in [0.05, 0.1) is 23.0 Å². The van der Waals surface area contributed by atoms with Crippen molar-refractivity contribution in [2.45, 2.75) is 26.9 Å². The Labute approximate surface area is 174 Å². The molecule has 0 bridgehead atoms. The standard InChI is InChI=1S/C24H23FN4O/c1-4-29-16(2)17(14-26-29)15-28(3)24(30)20-13-23(19-10-5-7-11-21(19)25)27-22-12-8-6-9-18(20)22/h5-14H,4,15H2,1-3H3. The Morgan fingerprint density at radius 1 is 1.13 bits per heavy atom. The van der Waals surface area contributed by atoms with Crippen molar-refractivity contribution >= 4 is 16.8 Å². The Balaban J connectivity index is 1.76. The average molecular weight is 402 g/mol. The molecular formula is C24H23FN4O. The summed E-state index contributed by atoms with van der Waals surface area (Å²) in [7, 11) is 1.77. The van der Waals surface area contributed by atoms with Gasteiger partial charge >= 0.3 is 0 Å². The van der Waals surface area contributed by atoms with Crippen LogP contribution >= 0.6 is 0 Å². The maximum Gasteiger partial charge on any atom is 0.254 e. The summed E-state index contributed by atoms with van der Waals surface area (Å²) in [5.74, 6) is -0.510. The fourth-order valence-electron chi connectivity index (χ4n) is 3.65. The summed E-state index contributed by atoms with van der Waals surface area (Å²) in [6, 6.07) is 15.6. The van der Waals surface area contributed by atoms with E-state index < -0.39 is 0 Å². The molecule has 0 unspecified atom stereocenters. The molecule has 0 fully saturated rings. The normalized spacial score (nSPS) is 11.1. The fourth-order valence-corrected chi connectivity index (χ4v) is 3.65. The molecule has 0 saturated heterocycles. The number of aromatic nitrogens is 3. The number of benzene rings is 2. The topological polar surface area (TPSA) is 51.0 Å². The Morgan fingerprint density at radius 3 is 2.60 bits per heavy atom. The summed E-state index contributed by atoms with van der Waals surface area (Å²) in [5.41, 5.74) is 4.02. The molecule has 0 N–H and O–H groups in total. The summed E-state index contributed by atoms with van der Waals surface area (Å²) in [5, 5.41) is 5.11. The number of hydrogen-bond donors (Lipinski definition) is 0. The van der Waals surface area contributed by atoms with Crippen LogP contribution in [0.2, 0.25) is 0 Å². The van der Waals surface area contributed by atoms with E-state index in [1.165, 1.54) is 6.07 Å². The maximum atomic E-state index is 14.4. The molecule has 152 valence electrons. The number of aryl methyl sites for hydroxylation is 1. The minimum Gasteiger partial charge on any atom is -0.337 e. The molecule has 0 aliphatic heterocycles. The van der Waals surface area contributed by atoms with Crippen molar-refractivity contribution < 1.29 is 9.18 Å². The van der Waals surface area contributed by atoms with Crippen molar-refractivity contribution in [3.8, 4) is 11.3 Å². The highest BCUT2D eigenvalue weighted by atomic mass is 19.1. The van der Waals surface area contributed by atoms with Crippen molar-refractivity contribution in [2.75, 3.05) is 7.05 Å². The van der Waals surface area contributed by atoms with Gasteiger partial charge in [-0.05, 0) is 38.1 Å². The largest absolute Gasteiger partial charge is 0.337 e. The summed E-state index contributed by atoms with van der Waals surface area (Å²) < 4.78 is 16.3. The second-order valence-corrected chi connectivity index (χ2v) is 7.28. The van der Waals surface area contributed by atoms with Gasteiger partial charge in [0.1, 0.15) is 5.82 Å². The number of fused-ring (bicyclic) bond motifs is 1. The van der Waals surface area contributed by atoms with Gasteiger partial charge in [0, 0.05) is 42.3 Å². The highest BCUT2D eigenvalue weighted by Crippen LogP contribution is 2.27. The zero-order valence-corrected chi connectivity index (χ0v) is 17.3. The van der Waals surface area contributed by atoms with E-state index in [1.807, 2.05) is 42.8 Å². The van der Waals surface area contributed by atoms with Crippen LogP contribution in [0, 0.1) is 12.7 Å². The Kier molecular flexibility index (Phi) is 5.31. The molecule has 2 aromatic heterocycles. The zero-order chi connectivity index (χ0) is 21.3. The quantitative estimate of drug-likeness (QED) is 0.480. The number of rotatable bonds is 5. The summed E-state index contributed by atoms with van der Waals surface area (Å²) in [6.07, 6.45) is 1.80. The number of hydrogen-bond acceptors (Lipinski definition) is 3. The second-order valence-electron chi connectivity index (χ2n) is 7.28. The fraction of sp³-hybridized carbons (Fsp3) is 0.208. The van der Waals surface area contributed by atoms with E-state index in [9.17, 15) is 9.18 Å². The molecule has 0 aliphatic carbocycles. The van der Waals surface area contributed by atoms with Gasteiger partial charge in [0.15, 0.2) is 0 Å². The Morgan fingerprint density at radius 2 is 1.87 bits per heavy atom. The van der Waals surface area contributed by atoms with Gasteiger partial charge in [0.25, 0.3) is 5.91 Å². The van der Waals surface area contributed by atoms with E-state index in [2.05, 4.69) is 10.1 Å². The van der Waals surface area contributed by atoms with Crippen LogP contribution in [-0.2, 0) is 13.1 Å². The maximum absolute atomic E-state index is 14.4. The van der Waals surface area contributed by atoms with Gasteiger partial charge in [-0.2, -0.15) is 5.10 Å². The van der Waals surface area contributed by atoms with E-state index in [0.717, 1.165) is 23.2 Å².